The van der Waals surface area contributed by atoms with Gasteiger partial charge in [0.25, 0.3) is 6.43 Å². The van der Waals surface area contributed by atoms with Crippen LogP contribution in [0.3, 0.4) is 0 Å². The second kappa shape index (κ2) is 5.58. The Morgan fingerprint density at radius 3 is 2.05 bits per heavy atom. The lowest BCUT2D eigenvalue weighted by Crippen LogP contribution is -2.21. The lowest BCUT2D eigenvalue weighted by molar-refractivity contribution is -0.275. The van der Waals surface area contributed by atoms with Gasteiger partial charge in [0, 0.05) is 0 Å². The number of hydrogen-bond acceptors (Lipinski definition) is 2. The van der Waals surface area contributed by atoms with Crippen LogP contribution in [0.4, 0.5) is 35.1 Å². The molecule has 0 fully saturated rings. The molecule has 0 aliphatic rings. The van der Waals surface area contributed by atoms with Gasteiger partial charge in [0.1, 0.15) is 0 Å². The number of hydrogen-bond donors (Lipinski definition) is 0. The molecule has 0 aromatic carbocycles. The highest BCUT2D eigenvalue weighted by Gasteiger charge is 2.43. The summed E-state index contributed by atoms with van der Waals surface area (Å²) in [5.74, 6) is -2.62. The molecule has 0 radical (unpaired) electrons. The van der Waals surface area contributed by atoms with Crippen LogP contribution in [0.2, 0.25) is 0 Å². The number of rotatable bonds is 3. The molecule has 11 heteroatoms. The SMILES string of the molecule is FC(F)c1c(OC(F)(F)F)cnc(CCl)c1C(F)(F)F. The van der Waals surface area contributed by atoms with Gasteiger partial charge < -0.3 is 4.74 Å². The smallest absolute Gasteiger partial charge is 0.404 e. The van der Waals surface area contributed by atoms with Crippen LogP contribution in [0.25, 0.3) is 0 Å². The van der Waals surface area contributed by atoms with Crippen LogP contribution in [-0.2, 0) is 12.1 Å². The van der Waals surface area contributed by atoms with E-state index in [4.69, 9.17) is 11.6 Å². The molecule has 1 rings (SSSR count). The zero-order valence-electron chi connectivity index (χ0n) is 9.12. The molecular weight excluding hydrogens is 326 g/mol. The summed E-state index contributed by atoms with van der Waals surface area (Å²) in [6, 6.07) is 0. The predicted molar refractivity (Wildman–Crippen MR) is 50.4 cm³/mol. The van der Waals surface area contributed by atoms with Crippen molar-refractivity contribution >= 4 is 11.6 Å². The molecule has 0 unspecified atom stereocenters. The molecule has 1 heterocycles. The van der Waals surface area contributed by atoms with E-state index in [1.165, 1.54) is 0 Å². The van der Waals surface area contributed by atoms with Crippen LogP contribution in [-0.4, -0.2) is 11.3 Å². The zero-order chi connectivity index (χ0) is 15.7. The van der Waals surface area contributed by atoms with Gasteiger partial charge in [0.15, 0.2) is 5.75 Å². The zero-order valence-corrected chi connectivity index (χ0v) is 9.87. The summed E-state index contributed by atoms with van der Waals surface area (Å²) in [5, 5.41) is 0. The van der Waals surface area contributed by atoms with E-state index in [1.54, 1.807) is 0 Å². The summed E-state index contributed by atoms with van der Waals surface area (Å²) in [4.78, 5) is 2.98. The fraction of sp³-hybridized carbons (Fsp3) is 0.444. The van der Waals surface area contributed by atoms with Crippen LogP contribution >= 0.6 is 11.6 Å². The molecule has 20 heavy (non-hydrogen) atoms. The van der Waals surface area contributed by atoms with E-state index < -0.39 is 47.4 Å². The summed E-state index contributed by atoms with van der Waals surface area (Å²) < 4.78 is 103. The predicted octanol–water partition coefficient (Wildman–Crippen LogP) is 4.68. The van der Waals surface area contributed by atoms with Gasteiger partial charge in [-0.3, -0.25) is 4.98 Å². The van der Waals surface area contributed by atoms with E-state index in [0.717, 1.165) is 0 Å². The first-order chi connectivity index (χ1) is 8.97. The monoisotopic (exact) mass is 329 g/mol. The molecule has 0 atom stereocenters. The van der Waals surface area contributed by atoms with E-state index in [-0.39, 0.29) is 6.20 Å². The first-order valence-corrected chi connectivity index (χ1v) is 5.19. The normalized spacial score (nSPS) is 12.9. The van der Waals surface area contributed by atoms with Crippen LogP contribution in [0.1, 0.15) is 23.2 Å². The van der Waals surface area contributed by atoms with Gasteiger partial charge in [-0.2, -0.15) is 13.2 Å². The molecule has 0 N–H and O–H groups in total. The summed E-state index contributed by atoms with van der Waals surface area (Å²) >= 11 is 5.13. The number of halogens is 9. The molecule has 0 amide bonds. The highest BCUT2D eigenvalue weighted by molar-refractivity contribution is 6.17. The number of ether oxygens (including phenoxy) is 1. The van der Waals surface area contributed by atoms with Crippen molar-refractivity contribution in [3.63, 3.8) is 0 Å². The van der Waals surface area contributed by atoms with E-state index in [9.17, 15) is 35.1 Å². The molecule has 0 saturated carbocycles. The average Bonchev–Trinajstić information content (AvgIpc) is 2.24. The maximum absolute atomic E-state index is 12.7. The van der Waals surface area contributed by atoms with Crippen LogP contribution < -0.4 is 4.74 Å². The summed E-state index contributed by atoms with van der Waals surface area (Å²) in [5.41, 5.74) is -4.98. The van der Waals surface area contributed by atoms with Gasteiger partial charge in [-0.15, -0.1) is 24.8 Å². The minimum Gasteiger partial charge on any atom is -0.404 e. The number of aromatic nitrogens is 1. The van der Waals surface area contributed by atoms with Crippen molar-refractivity contribution in [3.05, 3.63) is 23.0 Å². The lowest BCUT2D eigenvalue weighted by atomic mass is 10.1. The second-order valence-electron chi connectivity index (χ2n) is 3.34. The Hall–Kier alpha value is -1.32. The highest BCUT2D eigenvalue weighted by atomic mass is 35.5. The van der Waals surface area contributed by atoms with Crippen LogP contribution in [0.5, 0.6) is 5.75 Å². The first-order valence-electron chi connectivity index (χ1n) is 4.66. The largest absolute Gasteiger partial charge is 0.573 e. The molecule has 0 aliphatic carbocycles. The van der Waals surface area contributed by atoms with Crippen molar-refractivity contribution < 1.29 is 39.9 Å². The lowest BCUT2D eigenvalue weighted by Gasteiger charge is -2.19. The van der Waals surface area contributed by atoms with Crippen molar-refractivity contribution in [1.29, 1.82) is 0 Å². The fourth-order valence-electron chi connectivity index (χ4n) is 1.39. The van der Waals surface area contributed by atoms with Gasteiger partial charge in [-0.25, -0.2) is 8.78 Å². The summed E-state index contributed by atoms with van der Waals surface area (Å²) in [6.07, 6.45) is -14.5. The van der Waals surface area contributed by atoms with Crippen molar-refractivity contribution in [2.45, 2.75) is 24.8 Å². The van der Waals surface area contributed by atoms with Crippen molar-refractivity contribution in [3.8, 4) is 5.75 Å². The Bertz CT molecular complexity index is 484. The average molecular weight is 330 g/mol. The number of nitrogens with zero attached hydrogens (tertiary/aromatic N) is 1. The Kier molecular flexibility index (Phi) is 4.67. The van der Waals surface area contributed by atoms with Gasteiger partial charge in [-0.1, -0.05) is 0 Å². The maximum Gasteiger partial charge on any atom is 0.573 e. The standard InChI is InChI=1S/C9H4ClF8NO/c10-1-3-6(8(13,14)15)5(7(11)12)4(2-19-3)20-9(16,17)18/h2,7H,1H2. The van der Waals surface area contributed by atoms with Gasteiger partial charge >= 0.3 is 12.5 Å². The minimum atomic E-state index is -5.43. The Morgan fingerprint density at radius 2 is 1.70 bits per heavy atom. The van der Waals surface area contributed by atoms with Crippen LogP contribution in [0, 0.1) is 0 Å². The van der Waals surface area contributed by atoms with Crippen LogP contribution in [0.15, 0.2) is 6.20 Å². The Labute approximate surface area is 111 Å². The molecule has 0 saturated heterocycles. The molecule has 0 aliphatic heterocycles. The van der Waals surface area contributed by atoms with Crippen molar-refractivity contribution in [2.75, 3.05) is 0 Å². The molecule has 114 valence electrons. The van der Waals surface area contributed by atoms with E-state index in [1.807, 2.05) is 0 Å². The van der Waals surface area contributed by atoms with E-state index in [2.05, 4.69) is 9.72 Å². The Balaban J connectivity index is 3.57. The topological polar surface area (TPSA) is 22.1 Å². The Morgan fingerprint density at radius 1 is 1.15 bits per heavy atom. The molecule has 1 aromatic rings. The molecule has 0 bridgehead atoms. The summed E-state index contributed by atoms with van der Waals surface area (Å²) in [7, 11) is 0. The second-order valence-corrected chi connectivity index (χ2v) is 3.60. The molecule has 1 aromatic heterocycles. The van der Waals surface area contributed by atoms with Gasteiger partial charge in [0.2, 0.25) is 0 Å². The summed E-state index contributed by atoms with van der Waals surface area (Å²) in [6.45, 7) is 0. The minimum absolute atomic E-state index is 0.127. The number of pyridine rings is 1. The third-order valence-corrected chi connectivity index (χ3v) is 2.27. The maximum atomic E-state index is 12.7. The third kappa shape index (κ3) is 3.84. The molecule has 0 spiro atoms. The van der Waals surface area contributed by atoms with Gasteiger partial charge in [0.05, 0.1) is 28.9 Å². The molecule has 2 nitrogen and oxygen atoms in total. The third-order valence-electron chi connectivity index (χ3n) is 2.01. The van der Waals surface area contributed by atoms with E-state index in [0.29, 0.717) is 0 Å². The first kappa shape index (κ1) is 16.7. The fourth-order valence-corrected chi connectivity index (χ4v) is 1.59. The quantitative estimate of drug-likeness (QED) is 0.593. The highest BCUT2D eigenvalue weighted by Crippen LogP contribution is 2.43. The molecular formula is C9H4ClF8NO. The number of alkyl halides is 9. The van der Waals surface area contributed by atoms with Gasteiger partial charge in [-0.05, 0) is 0 Å². The van der Waals surface area contributed by atoms with Crippen molar-refractivity contribution in [1.82, 2.24) is 4.98 Å². The van der Waals surface area contributed by atoms with Crippen molar-refractivity contribution in [2.24, 2.45) is 0 Å². The van der Waals surface area contributed by atoms with E-state index >= 15 is 0 Å².